The molecule has 3 rings (SSSR count). The Morgan fingerprint density at radius 1 is 1.04 bits per heavy atom. The second-order valence-corrected chi connectivity index (χ2v) is 7.12. The molecule has 6 heteroatoms. The molecule has 1 saturated carbocycles. The van der Waals surface area contributed by atoms with E-state index in [2.05, 4.69) is 10.2 Å². The van der Waals surface area contributed by atoms with E-state index in [-0.39, 0.29) is 24.4 Å². The molecule has 2 atom stereocenters. The normalized spacial score (nSPS) is 25.0. The predicted octanol–water partition coefficient (Wildman–Crippen LogP) is 4.55. The summed E-state index contributed by atoms with van der Waals surface area (Å²) in [5.74, 6) is -0.0466. The van der Waals surface area contributed by atoms with Gasteiger partial charge in [0.15, 0.2) is 0 Å². The maximum atomic E-state index is 12.5. The second-order valence-electron chi connectivity index (χ2n) is 6.30. The molecular weight excluding hydrogens is 355 g/mol. The highest BCUT2D eigenvalue weighted by Crippen LogP contribution is 2.27. The summed E-state index contributed by atoms with van der Waals surface area (Å²) >= 11 is 11.9. The Hall–Kier alpha value is -0.480. The van der Waals surface area contributed by atoms with Crippen LogP contribution in [0.1, 0.15) is 48.9 Å². The van der Waals surface area contributed by atoms with E-state index in [0.717, 1.165) is 6.42 Å². The second kappa shape index (κ2) is 8.57. The summed E-state index contributed by atoms with van der Waals surface area (Å²) in [4.78, 5) is 15.1. The van der Waals surface area contributed by atoms with Crippen LogP contribution in [-0.4, -0.2) is 36.0 Å². The number of benzene rings is 1. The molecular formula is C17H23Cl3N2O. The molecule has 1 aromatic carbocycles. The number of likely N-dealkylation sites (tertiary alicyclic amines) is 1. The maximum absolute atomic E-state index is 12.5. The maximum Gasteiger partial charge on any atom is 0.251 e. The van der Waals surface area contributed by atoms with Crippen LogP contribution in [0, 0.1) is 0 Å². The Bertz CT molecular complexity index is 547. The van der Waals surface area contributed by atoms with Crippen molar-refractivity contribution in [2.75, 3.05) is 13.1 Å². The van der Waals surface area contributed by atoms with Gasteiger partial charge >= 0.3 is 0 Å². The molecule has 1 amide bonds. The SMILES string of the molecule is Cl.O=C(NC1CCCCC1N1CCCC1)c1ccc(Cl)c(Cl)c1. The Balaban J connectivity index is 0.00000192. The molecule has 0 bridgehead atoms. The number of amides is 1. The number of carbonyl (C=O) groups excluding carboxylic acids is 1. The van der Waals surface area contributed by atoms with E-state index in [0.29, 0.717) is 21.7 Å². The minimum absolute atomic E-state index is 0. The zero-order chi connectivity index (χ0) is 15.5. The number of hydrogen-bond acceptors (Lipinski definition) is 2. The monoisotopic (exact) mass is 376 g/mol. The Morgan fingerprint density at radius 3 is 2.43 bits per heavy atom. The van der Waals surface area contributed by atoms with Crippen molar-refractivity contribution < 1.29 is 4.79 Å². The molecule has 2 aliphatic rings. The summed E-state index contributed by atoms with van der Waals surface area (Å²) < 4.78 is 0. The molecule has 1 aliphatic heterocycles. The number of nitrogens with one attached hydrogen (secondary N) is 1. The average molecular weight is 378 g/mol. The van der Waals surface area contributed by atoms with E-state index in [1.807, 2.05) is 0 Å². The van der Waals surface area contributed by atoms with Crippen molar-refractivity contribution in [2.45, 2.75) is 50.6 Å². The number of carbonyl (C=O) groups is 1. The summed E-state index contributed by atoms with van der Waals surface area (Å²) in [5, 5.41) is 4.13. The van der Waals surface area contributed by atoms with Crippen molar-refractivity contribution >= 4 is 41.5 Å². The molecule has 1 aliphatic carbocycles. The fourth-order valence-corrected chi connectivity index (χ4v) is 3.98. The smallest absolute Gasteiger partial charge is 0.251 e. The third-order valence-corrected chi connectivity index (χ3v) is 5.58. The quantitative estimate of drug-likeness (QED) is 0.838. The van der Waals surface area contributed by atoms with Crippen LogP contribution in [0.15, 0.2) is 18.2 Å². The lowest BCUT2D eigenvalue weighted by Crippen LogP contribution is -2.52. The molecule has 2 unspecified atom stereocenters. The molecule has 128 valence electrons. The first-order valence-electron chi connectivity index (χ1n) is 8.15. The van der Waals surface area contributed by atoms with Crippen LogP contribution in [-0.2, 0) is 0 Å². The lowest BCUT2D eigenvalue weighted by Gasteiger charge is -2.38. The molecule has 1 heterocycles. The van der Waals surface area contributed by atoms with Gasteiger partial charge in [0.1, 0.15) is 0 Å². The number of halogens is 3. The van der Waals surface area contributed by atoms with Crippen LogP contribution in [0.2, 0.25) is 10.0 Å². The van der Waals surface area contributed by atoms with Crippen molar-refractivity contribution in [3.8, 4) is 0 Å². The summed E-state index contributed by atoms with van der Waals surface area (Å²) in [6.45, 7) is 2.34. The number of hydrogen-bond donors (Lipinski definition) is 1. The van der Waals surface area contributed by atoms with Crippen molar-refractivity contribution in [1.29, 1.82) is 0 Å². The van der Waals surface area contributed by atoms with Crippen LogP contribution >= 0.6 is 35.6 Å². The number of nitrogens with zero attached hydrogens (tertiary/aromatic N) is 1. The Morgan fingerprint density at radius 2 is 1.74 bits per heavy atom. The van der Waals surface area contributed by atoms with Crippen molar-refractivity contribution in [3.63, 3.8) is 0 Å². The van der Waals surface area contributed by atoms with Crippen molar-refractivity contribution in [2.24, 2.45) is 0 Å². The third kappa shape index (κ3) is 4.54. The van der Waals surface area contributed by atoms with E-state index < -0.39 is 0 Å². The van der Waals surface area contributed by atoms with E-state index in [1.165, 1.54) is 45.2 Å². The highest BCUT2D eigenvalue weighted by Gasteiger charge is 2.32. The highest BCUT2D eigenvalue weighted by molar-refractivity contribution is 6.42. The van der Waals surface area contributed by atoms with E-state index in [1.54, 1.807) is 18.2 Å². The van der Waals surface area contributed by atoms with Crippen molar-refractivity contribution in [1.82, 2.24) is 10.2 Å². The van der Waals surface area contributed by atoms with Gasteiger partial charge in [0.25, 0.3) is 5.91 Å². The topological polar surface area (TPSA) is 32.3 Å². The lowest BCUT2D eigenvalue weighted by atomic mass is 9.89. The van der Waals surface area contributed by atoms with Crippen LogP contribution < -0.4 is 5.32 Å². The van der Waals surface area contributed by atoms with E-state index >= 15 is 0 Å². The standard InChI is InChI=1S/C17H22Cl2N2O.ClH/c18-13-8-7-12(11-14(13)19)17(22)20-15-5-1-2-6-16(15)21-9-3-4-10-21;/h7-8,11,15-16H,1-6,9-10H2,(H,20,22);1H. The summed E-state index contributed by atoms with van der Waals surface area (Å²) in [6, 6.07) is 5.79. The van der Waals surface area contributed by atoms with Gasteiger partial charge in [-0.25, -0.2) is 0 Å². The Labute approximate surface area is 154 Å². The first-order chi connectivity index (χ1) is 10.6. The van der Waals surface area contributed by atoms with Gasteiger partial charge < -0.3 is 5.32 Å². The first-order valence-corrected chi connectivity index (χ1v) is 8.91. The largest absolute Gasteiger partial charge is 0.348 e. The molecule has 23 heavy (non-hydrogen) atoms. The van der Waals surface area contributed by atoms with Gasteiger partial charge in [0.05, 0.1) is 10.0 Å². The van der Waals surface area contributed by atoms with Gasteiger partial charge in [-0.3, -0.25) is 9.69 Å². The fraction of sp³-hybridized carbons (Fsp3) is 0.588. The minimum Gasteiger partial charge on any atom is -0.348 e. The molecule has 0 aromatic heterocycles. The minimum atomic E-state index is -0.0466. The molecule has 1 N–H and O–H groups in total. The summed E-state index contributed by atoms with van der Waals surface area (Å²) in [7, 11) is 0. The van der Waals surface area contributed by atoms with E-state index in [4.69, 9.17) is 23.2 Å². The summed E-state index contributed by atoms with van der Waals surface area (Å²) in [6.07, 6.45) is 7.27. The zero-order valence-corrected chi connectivity index (χ0v) is 15.4. The molecule has 1 aromatic rings. The van der Waals surface area contributed by atoms with Gasteiger partial charge in [-0.05, 0) is 57.0 Å². The molecule has 0 radical (unpaired) electrons. The molecule has 2 fully saturated rings. The highest BCUT2D eigenvalue weighted by atomic mass is 35.5. The van der Waals surface area contributed by atoms with Crippen LogP contribution in [0.5, 0.6) is 0 Å². The molecule has 1 saturated heterocycles. The molecule has 3 nitrogen and oxygen atoms in total. The van der Waals surface area contributed by atoms with Gasteiger partial charge in [-0.2, -0.15) is 0 Å². The van der Waals surface area contributed by atoms with Gasteiger partial charge in [-0.1, -0.05) is 36.0 Å². The predicted molar refractivity (Wildman–Crippen MR) is 98.0 cm³/mol. The number of rotatable bonds is 3. The summed E-state index contributed by atoms with van der Waals surface area (Å²) in [5.41, 5.74) is 0.583. The fourth-order valence-electron chi connectivity index (χ4n) is 3.68. The molecule has 0 spiro atoms. The van der Waals surface area contributed by atoms with Gasteiger partial charge in [0, 0.05) is 17.6 Å². The Kier molecular flexibility index (Phi) is 7.02. The average Bonchev–Trinajstić information content (AvgIpc) is 3.04. The van der Waals surface area contributed by atoms with Crippen LogP contribution in [0.25, 0.3) is 0 Å². The van der Waals surface area contributed by atoms with Crippen molar-refractivity contribution in [3.05, 3.63) is 33.8 Å². The van der Waals surface area contributed by atoms with Gasteiger partial charge in [0.2, 0.25) is 0 Å². The van der Waals surface area contributed by atoms with Crippen LogP contribution in [0.3, 0.4) is 0 Å². The van der Waals surface area contributed by atoms with E-state index in [9.17, 15) is 4.79 Å². The van der Waals surface area contributed by atoms with Crippen LogP contribution in [0.4, 0.5) is 0 Å². The third-order valence-electron chi connectivity index (χ3n) is 4.84. The lowest BCUT2D eigenvalue weighted by molar-refractivity contribution is 0.0862. The zero-order valence-electron chi connectivity index (χ0n) is 13.1. The van der Waals surface area contributed by atoms with Gasteiger partial charge in [-0.15, -0.1) is 12.4 Å². The first kappa shape index (κ1) is 18.9.